The van der Waals surface area contributed by atoms with Gasteiger partial charge in [0, 0.05) is 11.5 Å². The van der Waals surface area contributed by atoms with Crippen LogP contribution in [0.2, 0.25) is 0 Å². The van der Waals surface area contributed by atoms with E-state index in [1.807, 2.05) is 0 Å². The van der Waals surface area contributed by atoms with E-state index in [0.29, 0.717) is 36.4 Å². The highest BCUT2D eigenvalue weighted by Crippen LogP contribution is 2.33. The quantitative estimate of drug-likeness (QED) is 0.373. The first-order valence-electron chi connectivity index (χ1n) is 6.42. The van der Waals surface area contributed by atoms with Gasteiger partial charge in [-0.15, -0.1) is 0 Å². The second kappa shape index (κ2) is 6.27. The summed E-state index contributed by atoms with van der Waals surface area (Å²) in [5, 5.41) is 16.2. The number of aliphatic hydroxyl groups excluding tert-OH is 1. The number of benzene rings is 1. The average molecular weight is 276 g/mol. The fraction of sp³-hybridized carbons (Fsp3) is 0.462. The summed E-state index contributed by atoms with van der Waals surface area (Å²) in [6.45, 7) is 2.03. The van der Waals surface area contributed by atoms with Crippen LogP contribution >= 0.6 is 0 Å². The monoisotopic (exact) mass is 276 g/mol. The van der Waals surface area contributed by atoms with Crippen LogP contribution in [0.1, 0.15) is 31.4 Å². The maximum absolute atomic E-state index is 11.5. The van der Waals surface area contributed by atoms with Crippen LogP contribution in [0.3, 0.4) is 0 Å². The van der Waals surface area contributed by atoms with E-state index in [1.165, 1.54) is 0 Å². The molecular weight excluding hydrogens is 260 g/mol. The molecule has 1 aliphatic heterocycles. The van der Waals surface area contributed by atoms with Crippen LogP contribution in [0.4, 0.5) is 5.69 Å². The molecule has 0 bridgehead atoms. The SMILES string of the molecule is CC1Oc2ccc(C(O)CCCN=[N+]=[N-])cc2NC1=O. The molecule has 1 heterocycles. The van der Waals surface area contributed by atoms with Crippen LogP contribution in [-0.2, 0) is 4.79 Å². The minimum atomic E-state index is -0.662. The van der Waals surface area contributed by atoms with Gasteiger partial charge in [0.15, 0.2) is 6.10 Å². The van der Waals surface area contributed by atoms with E-state index >= 15 is 0 Å². The van der Waals surface area contributed by atoms with Crippen LogP contribution in [0.25, 0.3) is 10.4 Å². The van der Waals surface area contributed by atoms with Crippen molar-refractivity contribution >= 4 is 11.6 Å². The van der Waals surface area contributed by atoms with Crippen molar-refractivity contribution in [1.82, 2.24) is 0 Å². The molecule has 1 aromatic rings. The Hall–Kier alpha value is -2.24. The van der Waals surface area contributed by atoms with E-state index in [4.69, 9.17) is 10.3 Å². The van der Waals surface area contributed by atoms with Gasteiger partial charge in [0.1, 0.15) is 5.75 Å². The van der Waals surface area contributed by atoms with E-state index in [9.17, 15) is 9.90 Å². The number of nitrogens with one attached hydrogen (secondary N) is 1. The van der Waals surface area contributed by atoms with E-state index in [2.05, 4.69) is 15.3 Å². The fourth-order valence-electron chi connectivity index (χ4n) is 2.00. The van der Waals surface area contributed by atoms with Gasteiger partial charge in [-0.25, -0.2) is 0 Å². The summed E-state index contributed by atoms with van der Waals surface area (Å²) in [5.74, 6) is 0.398. The lowest BCUT2D eigenvalue weighted by molar-refractivity contribution is -0.122. The van der Waals surface area contributed by atoms with Gasteiger partial charge in [0.25, 0.3) is 5.91 Å². The van der Waals surface area contributed by atoms with Crippen molar-refractivity contribution in [3.05, 3.63) is 34.2 Å². The predicted octanol–water partition coefficient (Wildman–Crippen LogP) is 2.53. The third kappa shape index (κ3) is 3.20. The van der Waals surface area contributed by atoms with Crippen molar-refractivity contribution in [2.24, 2.45) is 5.11 Å². The van der Waals surface area contributed by atoms with Crippen LogP contribution in [0.5, 0.6) is 5.75 Å². The molecule has 20 heavy (non-hydrogen) atoms. The lowest BCUT2D eigenvalue weighted by atomic mass is 10.0. The van der Waals surface area contributed by atoms with Crippen LogP contribution in [0, 0.1) is 0 Å². The highest BCUT2D eigenvalue weighted by molar-refractivity contribution is 5.97. The number of hydrogen-bond donors (Lipinski definition) is 2. The fourth-order valence-corrected chi connectivity index (χ4v) is 2.00. The predicted molar refractivity (Wildman–Crippen MR) is 73.4 cm³/mol. The summed E-state index contributed by atoms with van der Waals surface area (Å²) in [5.41, 5.74) is 9.44. The van der Waals surface area contributed by atoms with Gasteiger partial charge in [-0.2, -0.15) is 0 Å². The van der Waals surface area contributed by atoms with Gasteiger partial charge in [-0.1, -0.05) is 11.2 Å². The number of nitrogens with zero attached hydrogens (tertiary/aromatic N) is 3. The number of amides is 1. The topological polar surface area (TPSA) is 107 Å². The zero-order valence-corrected chi connectivity index (χ0v) is 11.1. The van der Waals surface area contributed by atoms with Crippen molar-refractivity contribution in [2.75, 3.05) is 11.9 Å². The standard InChI is InChI=1S/C13H16N4O3/c1-8-13(19)16-10-7-9(4-5-12(10)20-8)11(18)3-2-6-15-17-14/h4-5,7-8,11,18H,2-3,6H2,1H3,(H,16,19). The summed E-state index contributed by atoms with van der Waals surface area (Å²) in [7, 11) is 0. The van der Waals surface area contributed by atoms with Gasteiger partial charge in [-0.3, -0.25) is 4.79 Å². The molecule has 0 aromatic heterocycles. The van der Waals surface area contributed by atoms with Crippen LogP contribution in [-0.4, -0.2) is 23.7 Å². The maximum atomic E-state index is 11.5. The second-order valence-electron chi connectivity index (χ2n) is 4.62. The Morgan fingerprint density at radius 2 is 2.40 bits per heavy atom. The Kier molecular flexibility index (Phi) is 4.45. The number of hydrogen-bond acceptors (Lipinski definition) is 4. The van der Waals surface area contributed by atoms with Gasteiger partial charge in [0.05, 0.1) is 11.8 Å². The van der Waals surface area contributed by atoms with E-state index in [1.54, 1.807) is 25.1 Å². The number of azide groups is 1. The molecule has 0 saturated carbocycles. The molecule has 2 atom stereocenters. The number of aliphatic hydroxyl groups is 1. The van der Waals surface area contributed by atoms with Crippen LogP contribution < -0.4 is 10.1 Å². The summed E-state index contributed by atoms with van der Waals surface area (Å²) < 4.78 is 5.44. The highest BCUT2D eigenvalue weighted by atomic mass is 16.5. The highest BCUT2D eigenvalue weighted by Gasteiger charge is 2.24. The number of fused-ring (bicyclic) bond motifs is 1. The summed E-state index contributed by atoms with van der Waals surface area (Å²) >= 11 is 0. The van der Waals surface area contributed by atoms with E-state index < -0.39 is 12.2 Å². The van der Waals surface area contributed by atoms with Gasteiger partial charge >= 0.3 is 0 Å². The number of anilines is 1. The molecule has 7 nitrogen and oxygen atoms in total. The van der Waals surface area contributed by atoms with Crippen molar-refractivity contribution in [3.63, 3.8) is 0 Å². The van der Waals surface area contributed by atoms with Crippen molar-refractivity contribution in [2.45, 2.75) is 32.0 Å². The molecule has 106 valence electrons. The first-order valence-corrected chi connectivity index (χ1v) is 6.42. The molecule has 2 rings (SSSR count). The summed E-state index contributed by atoms with van der Waals surface area (Å²) in [6.07, 6.45) is -0.0850. The molecule has 2 unspecified atom stereocenters. The zero-order valence-electron chi connectivity index (χ0n) is 11.1. The molecule has 7 heteroatoms. The number of ether oxygens (including phenoxy) is 1. The minimum absolute atomic E-state index is 0.201. The molecule has 0 fully saturated rings. The first kappa shape index (κ1) is 14.2. The smallest absolute Gasteiger partial charge is 0.265 e. The first-order chi connectivity index (χ1) is 9.61. The largest absolute Gasteiger partial charge is 0.479 e. The van der Waals surface area contributed by atoms with E-state index in [0.717, 1.165) is 0 Å². The lowest BCUT2D eigenvalue weighted by Crippen LogP contribution is -2.34. The molecule has 0 saturated heterocycles. The molecule has 0 radical (unpaired) electrons. The van der Waals surface area contributed by atoms with Crippen LogP contribution in [0.15, 0.2) is 23.3 Å². The molecule has 1 aromatic carbocycles. The Morgan fingerprint density at radius 1 is 1.60 bits per heavy atom. The Labute approximate surface area is 116 Å². The molecule has 2 N–H and O–H groups in total. The lowest BCUT2D eigenvalue weighted by Gasteiger charge is -2.24. The van der Waals surface area contributed by atoms with Crippen molar-refractivity contribution in [1.29, 1.82) is 0 Å². The minimum Gasteiger partial charge on any atom is -0.479 e. The second-order valence-corrected chi connectivity index (χ2v) is 4.62. The molecule has 0 spiro atoms. The molecule has 0 aliphatic carbocycles. The number of carbonyl (C=O) groups excluding carboxylic acids is 1. The Morgan fingerprint density at radius 3 is 3.15 bits per heavy atom. The maximum Gasteiger partial charge on any atom is 0.265 e. The molecule has 1 aliphatic rings. The van der Waals surface area contributed by atoms with Crippen molar-refractivity contribution in [3.8, 4) is 5.75 Å². The Balaban J connectivity index is 2.05. The van der Waals surface area contributed by atoms with Crippen molar-refractivity contribution < 1.29 is 14.6 Å². The Bertz CT molecular complexity index is 555. The summed E-state index contributed by atoms with van der Waals surface area (Å²) in [6, 6.07) is 5.20. The van der Waals surface area contributed by atoms with Gasteiger partial charge in [-0.05, 0) is 43.0 Å². The third-order valence-electron chi connectivity index (χ3n) is 3.12. The number of rotatable bonds is 5. The normalized spacial score (nSPS) is 18.3. The average Bonchev–Trinajstić information content (AvgIpc) is 2.44. The van der Waals surface area contributed by atoms with E-state index in [-0.39, 0.29) is 5.91 Å². The molecular formula is C13H16N4O3. The summed E-state index contributed by atoms with van der Waals surface area (Å²) in [4.78, 5) is 14.2. The third-order valence-corrected chi connectivity index (χ3v) is 3.12. The van der Waals surface area contributed by atoms with Gasteiger partial charge in [0.2, 0.25) is 0 Å². The number of carbonyl (C=O) groups is 1. The molecule has 1 amide bonds. The van der Waals surface area contributed by atoms with Gasteiger partial charge < -0.3 is 15.2 Å². The zero-order chi connectivity index (χ0) is 14.5.